The van der Waals surface area contributed by atoms with Gasteiger partial charge in [0.1, 0.15) is 0 Å². The number of nitrogens with one attached hydrogen (secondary N) is 2. The van der Waals surface area contributed by atoms with Crippen molar-refractivity contribution in [3.05, 3.63) is 24.5 Å². The van der Waals surface area contributed by atoms with Gasteiger partial charge >= 0.3 is 11.9 Å². The number of hydrogen-bond acceptors (Lipinski definition) is 6. The fourth-order valence-electron chi connectivity index (χ4n) is 1.15. The van der Waals surface area contributed by atoms with Crippen LogP contribution in [0, 0.1) is 0 Å². The molecule has 0 radical (unpaired) electrons. The van der Waals surface area contributed by atoms with E-state index in [4.69, 9.17) is 9.47 Å². The van der Waals surface area contributed by atoms with Gasteiger partial charge in [-0.05, 0) is 0 Å². The first-order chi connectivity index (χ1) is 8.74. The molecule has 2 rings (SSSR count). The van der Waals surface area contributed by atoms with Gasteiger partial charge in [0.25, 0.3) is 0 Å². The molecule has 2 heterocycles. The van der Waals surface area contributed by atoms with Gasteiger partial charge < -0.3 is 9.47 Å². The molecule has 0 bridgehead atoms. The van der Waals surface area contributed by atoms with Gasteiger partial charge in [0, 0.05) is 24.5 Å². The Morgan fingerprint density at radius 2 is 1.39 bits per heavy atom. The maximum atomic E-state index is 11.3. The van der Waals surface area contributed by atoms with Crippen molar-refractivity contribution in [1.82, 2.24) is 20.4 Å². The van der Waals surface area contributed by atoms with Crippen LogP contribution in [-0.4, -0.2) is 32.3 Å². The zero-order valence-electron chi connectivity index (χ0n) is 9.25. The van der Waals surface area contributed by atoms with Crippen molar-refractivity contribution in [3.63, 3.8) is 0 Å². The molecule has 2 N–H and O–H groups in total. The van der Waals surface area contributed by atoms with Gasteiger partial charge in [-0.3, -0.25) is 19.8 Å². The van der Waals surface area contributed by atoms with Gasteiger partial charge in [0.15, 0.2) is 0 Å². The molecule has 0 aromatic carbocycles. The fourth-order valence-corrected chi connectivity index (χ4v) is 1.15. The summed E-state index contributed by atoms with van der Waals surface area (Å²) in [6, 6.07) is 3.00. The molecule has 0 saturated carbocycles. The third kappa shape index (κ3) is 3.44. The average Bonchev–Trinajstić information content (AvgIpc) is 2.99. The number of aromatic nitrogens is 4. The standard InChI is InChI=1S/C10H10N4O4/c15-9(17-7-3-5-11-13-7)1-2-10(16)18-8-4-6-12-14-8/h3-6H,1-2H2,(H,11,13)(H,12,14). The summed E-state index contributed by atoms with van der Waals surface area (Å²) in [6.07, 6.45) is 2.87. The summed E-state index contributed by atoms with van der Waals surface area (Å²) < 4.78 is 9.66. The number of hydrogen-bond donors (Lipinski definition) is 2. The van der Waals surface area contributed by atoms with Crippen molar-refractivity contribution < 1.29 is 19.1 Å². The molecule has 0 saturated heterocycles. The van der Waals surface area contributed by atoms with E-state index in [1.165, 1.54) is 24.5 Å². The molecule has 0 spiro atoms. The highest BCUT2D eigenvalue weighted by molar-refractivity contribution is 5.79. The van der Waals surface area contributed by atoms with Crippen LogP contribution in [0.15, 0.2) is 24.5 Å². The molecule has 2 aromatic heterocycles. The molecular weight excluding hydrogens is 240 g/mol. The Hall–Kier alpha value is -2.64. The summed E-state index contributed by atoms with van der Waals surface area (Å²) in [5.41, 5.74) is 0. The summed E-state index contributed by atoms with van der Waals surface area (Å²) in [7, 11) is 0. The summed E-state index contributed by atoms with van der Waals surface area (Å²) in [5, 5.41) is 12.3. The Bertz CT molecular complexity index is 458. The maximum Gasteiger partial charge on any atom is 0.313 e. The molecule has 8 nitrogen and oxygen atoms in total. The van der Waals surface area contributed by atoms with Crippen LogP contribution >= 0.6 is 0 Å². The van der Waals surface area contributed by atoms with Gasteiger partial charge in [-0.15, -0.1) is 10.2 Å². The van der Waals surface area contributed by atoms with E-state index in [1.807, 2.05) is 0 Å². The van der Waals surface area contributed by atoms with Gasteiger partial charge in [0.05, 0.1) is 12.8 Å². The van der Waals surface area contributed by atoms with Crippen LogP contribution in [0.2, 0.25) is 0 Å². The lowest BCUT2D eigenvalue weighted by molar-refractivity contribution is -0.140. The van der Waals surface area contributed by atoms with E-state index >= 15 is 0 Å². The molecule has 18 heavy (non-hydrogen) atoms. The number of H-pyrrole nitrogens is 2. The average molecular weight is 250 g/mol. The highest BCUT2D eigenvalue weighted by Gasteiger charge is 2.12. The first-order valence-electron chi connectivity index (χ1n) is 5.15. The van der Waals surface area contributed by atoms with Crippen LogP contribution in [0.5, 0.6) is 11.8 Å². The number of carbonyl (C=O) groups excluding carboxylic acids is 2. The van der Waals surface area contributed by atoms with Gasteiger partial charge in [-0.2, -0.15) is 0 Å². The Labute approximate surface area is 101 Å². The van der Waals surface area contributed by atoms with E-state index in [0.29, 0.717) is 0 Å². The Morgan fingerprint density at radius 1 is 0.944 bits per heavy atom. The van der Waals surface area contributed by atoms with Crippen molar-refractivity contribution in [2.24, 2.45) is 0 Å². The zero-order chi connectivity index (χ0) is 12.8. The van der Waals surface area contributed by atoms with Crippen molar-refractivity contribution in [3.8, 4) is 11.8 Å². The number of carbonyl (C=O) groups is 2. The number of rotatable bonds is 5. The molecule has 0 unspecified atom stereocenters. The maximum absolute atomic E-state index is 11.3. The molecule has 2 aromatic rings. The fraction of sp³-hybridized carbons (Fsp3) is 0.200. The highest BCUT2D eigenvalue weighted by atomic mass is 16.5. The second-order valence-corrected chi connectivity index (χ2v) is 3.27. The largest absolute Gasteiger partial charge is 0.406 e. The first kappa shape index (κ1) is 11.8. The summed E-state index contributed by atoms with van der Waals surface area (Å²) in [4.78, 5) is 22.6. The van der Waals surface area contributed by atoms with E-state index in [-0.39, 0.29) is 24.6 Å². The highest BCUT2D eigenvalue weighted by Crippen LogP contribution is 2.07. The van der Waals surface area contributed by atoms with Gasteiger partial charge in [0.2, 0.25) is 11.8 Å². The van der Waals surface area contributed by atoms with Crippen LogP contribution in [0.1, 0.15) is 12.8 Å². The van der Waals surface area contributed by atoms with Gasteiger partial charge in [-0.1, -0.05) is 0 Å². The molecule has 0 aliphatic heterocycles. The van der Waals surface area contributed by atoms with Crippen LogP contribution in [0.3, 0.4) is 0 Å². The number of aromatic amines is 2. The summed E-state index contributed by atoms with van der Waals surface area (Å²) >= 11 is 0. The van der Waals surface area contributed by atoms with Crippen molar-refractivity contribution >= 4 is 11.9 Å². The second-order valence-electron chi connectivity index (χ2n) is 3.27. The minimum atomic E-state index is -0.555. The van der Waals surface area contributed by atoms with E-state index < -0.39 is 11.9 Å². The minimum Gasteiger partial charge on any atom is -0.406 e. The molecule has 8 heteroatoms. The second kappa shape index (κ2) is 5.62. The van der Waals surface area contributed by atoms with Crippen LogP contribution in [0.4, 0.5) is 0 Å². The monoisotopic (exact) mass is 250 g/mol. The number of nitrogens with zero attached hydrogens (tertiary/aromatic N) is 2. The smallest absolute Gasteiger partial charge is 0.313 e. The molecular formula is C10H10N4O4. The molecule has 0 amide bonds. The van der Waals surface area contributed by atoms with Crippen LogP contribution in [0.25, 0.3) is 0 Å². The Morgan fingerprint density at radius 3 is 1.72 bits per heavy atom. The topological polar surface area (TPSA) is 110 Å². The molecule has 0 atom stereocenters. The third-order valence-electron chi connectivity index (χ3n) is 1.92. The normalized spacial score (nSPS) is 10.0. The lowest BCUT2D eigenvalue weighted by atomic mass is 10.3. The van der Waals surface area contributed by atoms with Crippen LogP contribution in [-0.2, 0) is 9.59 Å². The first-order valence-corrected chi connectivity index (χ1v) is 5.15. The summed E-state index contributed by atoms with van der Waals surface area (Å²) in [6.45, 7) is 0. The van der Waals surface area contributed by atoms with Crippen molar-refractivity contribution in [1.29, 1.82) is 0 Å². The van der Waals surface area contributed by atoms with Crippen molar-refractivity contribution in [2.75, 3.05) is 0 Å². The van der Waals surface area contributed by atoms with Gasteiger partial charge in [-0.25, -0.2) is 0 Å². The van der Waals surface area contributed by atoms with Crippen molar-refractivity contribution in [2.45, 2.75) is 12.8 Å². The SMILES string of the molecule is O=C(CCC(=O)Oc1cc[nH]n1)Oc1cc[nH]n1. The van der Waals surface area contributed by atoms with E-state index in [9.17, 15) is 9.59 Å². The third-order valence-corrected chi connectivity index (χ3v) is 1.92. The minimum absolute atomic E-state index is 0.0872. The predicted octanol–water partition coefficient (Wildman–Crippen LogP) is 0.424. The Balaban J connectivity index is 1.71. The van der Waals surface area contributed by atoms with E-state index in [1.54, 1.807) is 0 Å². The molecule has 0 aliphatic rings. The lowest BCUT2D eigenvalue weighted by Gasteiger charge is -2.01. The number of ether oxygens (including phenoxy) is 2. The quantitative estimate of drug-likeness (QED) is 0.744. The lowest BCUT2D eigenvalue weighted by Crippen LogP contribution is -2.14. The Kier molecular flexibility index (Phi) is 3.69. The number of esters is 2. The predicted molar refractivity (Wildman–Crippen MR) is 57.7 cm³/mol. The molecule has 0 fully saturated rings. The molecule has 94 valence electrons. The molecule has 0 aliphatic carbocycles. The van der Waals surface area contributed by atoms with E-state index in [0.717, 1.165) is 0 Å². The van der Waals surface area contributed by atoms with Crippen LogP contribution < -0.4 is 9.47 Å². The summed E-state index contributed by atoms with van der Waals surface area (Å²) in [5.74, 6) is -0.775. The van der Waals surface area contributed by atoms with E-state index in [2.05, 4.69) is 20.4 Å². The zero-order valence-corrected chi connectivity index (χ0v) is 9.25.